The fourth-order valence-electron chi connectivity index (χ4n) is 2.91. The summed E-state index contributed by atoms with van der Waals surface area (Å²) in [6.07, 6.45) is 1.37. The summed E-state index contributed by atoms with van der Waals surface area (Å²) in [5.74, 6) is 0.0766. The van der Waals surface area contributed by atoms with Crippen LogP contribution in [0.25, 0.3) is 0 Å². The first-order valence-corrected chi connectivity index (χ1v) is 9.23. The Labute approximate surface area is 141 Å². The van der Waals surface area contributed by atoms with Gasteiger partial charge in [0.15, 0.2) is 0 Å². The number of anilines is 2. The minimum Gasteiger partial charge on any atom is -0.312 e. The molecule has 7 nitrogen and oxygen atoms in total. The van der Waals surface area contributed by atoms with Gasteiger partial charge < -0.3 is 4.90 Å². The minimum atomic E-state index is -3.73. The van der Waals surface area contributed by atoms with E-state index in [-0.39, 0.29) is 10.8 Å². The molecule has 0 spiro atoms. The average molecular weight is 348 g/mol. The molecule has 0 atom stereocenters. The van der Waals surface area contributed by atoms with E-state index < -0.39 is 10.0 Å². The number of aromatic nitrogens is 2. The maximum Gasteiger partial charge on any atom is 0.262 e. The van der Waals surface area contributed by atoms with Crippen LogP contribution in [0.3, 0.4) is 0 Å². The Morgan fingerprint density at radius 2 is 2.00 bits per heavy atom. The van der Waals surface area contributed by atoms with Gasteiger partial charge in [-0.3, -0.25) is 14.6 Å². The number of amides is 1. The van der Waals surface area contributed by atoms with Gasteiger partial charge >= 0.3 is 0 Å². The summed E-state index contributed by atoms with van der Waals surface area (Å²) in [5, 5.41) is 6.75. The number of aromatic amines is 1. The highest BCUT2D eigenvalue weighted by Crippen LogP contribution is 2.28. The monoisotopic (exact) mass is 348 g/mol. The summed E-state index contributed by atoms with van der Waals surface area (Å²) in [6.45, 7) is 5.90. The number of nitrogens with one attached hydrogen (secondary N) is 2. The van der Waals surface area contributed by atoms with Crippen LogP contribution in [0.1, 0.15) is 29.8 Å². The van der Waals surface area contributed by atoms with Gasteiger partial charge in [0.05, 0.1) is 22.0 Å². The number of nitrogens with zero attached hydrogens (tertiary/aromatic N) is 2. The van der Waals surface area contributed by atoms with Gasteiger partial charge in [-0.2, -0.15) is 5.10 Å². The fourth-order valence-corrected chi connectivity index (χ4v) is 4.32. The molecule has 1 aliphatic heterocycles. The molecule has 1 fully saturated rings. The van der Waals surface area contributed by atoms with Crippen molar-refractivity contribution in [2.45, 2.75) is 38.5 Å². The van der Waals surface area contributed by atoms with Crippen LogP contribution in [0.5, 0.6) is 0 Å². The molecule has 0 radical (unpaired) electrons. The highest BCUT2D eigenvalue weighted by molar-refractivity contribution is 7.92. The molecule has 1 aromatic heterocycles. The smallest absolute Gasteiger partial charge is 0.262 e. The molecule has 8 heteroatoms. The van der Waals surface area contributed by atoms with E-state index in [0.717, 1.165) is 12.1 Å². The lowest BCUT2D eigenvalue weighted by Crippen LogP contribution is -2.24. The van der Waals surface area contributed by atoms with Gasteiger partial charge in [0, 0.05) is 18.7 Å². The van der Waals surface area contributed by atoms with Gasteiger partial charge in [0.1, 0.15) is 0 Å². The predicted octanol–water partition coefficient (Wildman–Crippen LogP) is 2.26. The van der Waals surface area contributed by atoms with Gasteiger partial charge in [-0.1, -0.05) is 0 Å². The number of sulfonamides is 1. The van der Waals surface area contributed by atoms with Gasteiger partial charge in [0.2, 0.25) is 5.91 Å². The summed E-state index contributed by atoms with van der Waals surface area (Å²) >= 11 is 0. The molecule has 0 aliphatic carbocycles. The molecule has 1 amide bonds. The summed E-state index contributed by atoms with van der Waals surface area (Å²) < 4.78 is 28.0. The molecular weight excluding hydrogens is 328 g/mol. The molecule has 128 valence electrons. The lowest BCUT2D eigenvalue weighted by molar-refractivity contribution is -0.117. The molecule has 0 saturated carbocycles. The Morgan fingerprint density at radius 1 is 1.25 bits per heavy atom. The van der Waals surface area contributed by atoms with E-state index in [1.54, 1.807) is 43.9 Å². The van der Waals surface area contributed by atoms with Crippen molar-refractivity contribution in [2.75, 3.05) is 16.2 Å². The quantitative estimate of drug-likeness (QED) is 0.886. The summed E-state index contributed by atoms with van der Waals surface area (Å²) in [4.78, 5) is 13.7. The maximum atomic E-state index is 12.7. The van der Waals surface area contributed by atoms with Crippen molar-refractivity contribution in [3.8, 4) is 0 Å². The third kappa shape index (κ3) is 2.89. The third-order valence-corrected chi connectivity index (χ3v) is 5.71. The second-order valence-corrected chi connectivity index (χ2v) is 7.66. The third-order valence-electron chi connectivity index (χ3n) is 4.20. The fraction of sp³-hybridized carbons (Fsp3) is 0.375. The summed E-state index contributed by atoms with van der Waals surface area (Å²) in [6, 6.07) is 4.97. The van der Waals surface area contributed by atoms with Gasteiger partial charge in [-0.15, -0.1) is 0 Å². The molecule has 0 unspecified atom stereocenters. The van der Waals surface area contributed by atoms with E-state index in [0.29, 0.717) is 35.6 Å². The molecule has 24 heavy (non-hydrogen) atoms. The summed E-state index contributed by atoms with van der Waals surface area (Å²) in [5.41, 5.74) is 3.05. The molecule has 2 aromatic rings. The predicted molar refractivity (Wildman–Crippen MR) is 91.6 cm³/mol. The van der Waals surface area contributed by atoms with E-state index in [1.807, 2.05) is 0 Å². The van der Waals surface area contributed by atoms with Crippen LogP contribution < -0.4 is 9.62 Å². The molecular formula is C16H20N4O3S. The van der Waals surface area contributed by atoms with Crippen molar-refractivity contribution in [3.05, 3.63) is 35.2 Å². The molecule has 1 aliphatic rings. The van der Waals surface area contributed by atoms with Crippen LogP contribution in [-0.2, 0) is 14.8 Å². The van der Waals surface area contributed by atoms with E-state index in [9.17, 15) is 13.2 Å². The molecule has 2 heterocycles. The van der Waals surface area contributed by atoms with Crippen molar-refractivity contribution in [2.24, 2.45) is 0 Å². The van der Waals surface area contributed by atoms with E-state index in [1.165, 1.54) is 0 Å². The highest BCUT2D eigenvalue weighted by atomic mass is 32.2. The molecule has 1 saturated heterocycles. The lowest BCUT2D eigenvalue weighted by atomic mass is 10.2. The van der Waals surface area contributed by atoms with Gasteiger partial charge in [-0.25, -0.2) is 8.42 Å². The Morgan fingerprint density at radius 3 is 2.54 bits per heavy atom. The van der Waals surface area contributed by atoms with Gasteiger partial charge in [0.25, 0.3) is 10.0 Å². The SMILES string of the molecule is Cc1cc(N2CCCC2=O)ccc1S(=O)(=O)Nc1c(C)n[nH]c1C. The van der Waals surface area contributed by atoms with Crippen LogP contribution in [0, 0.1) is 20.8 Å². The first-order chi connectivity index (χ1) is 11.3. The number of hydrogen-bond donors (Lipinski definition) is 2. The van der Waals surface area contributed by atoms with E-state index in [4.69, 9.17) is 0 Å². The highest BCUT2D eigenvalue weighted by Gasteiger charge is 2.24. The Kier molecular flexibility index (Phi) is 4.08. The van der Waals surface area contributed by atoms with Crippen molar-refractivity contribution in [3.63, 3.8) is 0 Å². The zero-order chi connectivity index (χ0) is 17.5. The van der Waals surface area contributed by atoms with Crippen molar-refractivity contribution >= 4 is 27.3 Å². The zero-order valence-electron chi connectivity index (χ0n) is 13.9. The molecule has 0 bridgehead atoms. The Bertz CT molecular complexity index is 883. The molecule has 3 rings (SSSR count). The van der Waals surface area contributed by atoms with E-state index >= 15 is 0 Å². The number of rotatable bonds is 4. The first-order valence-electron chi connectivity index (χ1n) is 7.75. The van der Waals surface area contributed by atoms with Crippen molar-refractivity contribution in [1.82, 2.24) is 10.2 Å². The van der Waals surface area contributed by atoms with E-state index in [2.05, 4.69) is 14.9 Å². The topological polar surface area (TPSA) is 95.2 Å². The zero-order valence-corrected chi connectivity index (χ0v) is 14.7. The number of H-pyrrole nitrogens is 1. The Hall–Kier alpha value is -2.35. The summed E-state index contributed by atoms with van der Waals surface area (Å²) in [7, 11) is -3.73. The number of carbonyl (C=O) groups excluding carboxylic acids is 1. The lowest BCUT2D eigenvalue weighted by Gasteiger charge is -2.18. The average Bonchev–Trinajstić information content (AvgIpc) is 3.07. The minimum absolute atomic E-state index is 0.0766. The van der Waals surface area contributed by atoms with Crippen LogP contribution >= 0.6 is 0 Å². The van der Waals surface area contributed by atoms with Crippen LogP contribution in [0.15, 0.2) is 23.1 Å². The van der Waals surface area contributed by atoms with Crippen LogP contribution in [0.2, 0.25) is 0 Å². The first kappa shape index (κ1) is 16.5. The van der Waals surface area contributed by atoms with Crippen molar-refractivity contribution < 1.29 is 13.2 Å². The van der Waals surface area contributed by atoms with Crippen LogP contribution in [0.4, 0.5) is 11.4 Å². The number of benzene rings is 1. The molecule has 1 aromatic carbocycles. The second-order valence-electron chi connectivity index (χ2n) is 6.01. The maximum absolute atomic E-state index is 12.7. The number of hydrogen-bond acceptors (Lipinski definition) is 4. The normalized spacial score (nSPS) is 15.1. The second kappa shape index (κ2) is 5.94. The van der Waals surface area contributed by atoms with Gasteiger partial charge in [-0.05, 0) is 51.0 Å². The Balaban J connectivity index is 1.92. The number of aryl methyl sites for hydroxylation is 3. The van der Waals surface area contributed by atoms with Crippen LogP contribution in [-0.4, -0.2) is 31.1 Å². The van der Waals surface area contributed by atoms with Crippen molar-refractivity contribution in [1.29, 1.82) is 0 Å². The standard InChI is InChI=1S/C16H20N4O3S/c1-10-9-13(20-8-4-5-15(20)21)6-7-14(10)24(22,23)19-16-11(2)17-18-12(16)3/h6-7,9,19H,4-5,8H2,1-3H3,(H,17,18). The molecule has 2 N–H and O–H groups in total. The number of carbonyl (C=O) groups is 1. The largest absolute Gasteiger partial charge is 0.312 e.